The van der Waals surface area contributed by atoms with E-state index in [0.29, 0.717) is 6.04 Å². The standard InChI is InChI=1S/C14H22BrNO/c1-3-10-5-6-11(9-10)13(16-4-2)14-12(15)7-8-17-14/h7-8,10-11,13,16H,3-6,9H2,1-2H3. The molecule has 0 bridgehead atoms. The zero-order chi connectivity index (χ0) is 12.3. The van der Waals surface area contributed by atoms with E-state index in [1.807, 2.05) is 6.07 Å². The van der Waals surface area contributed by atoms with Gasteiger partial charge in [0.2, 0.25) is 0 Å². The van der Waals surface area contributed by atoms with Crippen molar-refractivity contribution in [3.05, 3.63) is 22.6 Å². The highest BCUT2D eigenvalue weighted by Gasteiger charge is 2.32. The van der Waals surface area contributed by atoms with Gasteiger partial charge in [-0.25, -0.2) is 0 Å². The lowest BCUT2D eigenvalue weighted by Crippen LogP contribution is -2.27. The molecule has 0 aliphatic heterocycles. The van der Waals surface area contributed by atoms with Gasteiger partial charge in [0.1, 0.15) is 5.76 Å². The Labute approximate surface area is 112 Å². The number of furan rings is 1. The molecule has 3 heteroatoms. The Bertz CT molecular complexity index is 350. The molecule has 3 atom stereocenters. The molecule has 0 amide bonds. The van der Waals surface area contributed by atoms with Gasteiger partial charge < -0.3 is 9.73 Å². The van der Waals surface area contributed by atoms with Gasteiger partial charge in [-0.2, -0.15) is 0 Å². The Morgan fingerprint density at radius 1 is 1.47 bits per heavy atom. The average molecular weight is 300 g/mol. The van der Waals surface area contributed by atoms with Crippen LogP contribution < -0.4 is 5.32 Å². The molecule has 1 aliphatic carbocycles. The molecule has 2 rings (SSSR count). The summed E-state index contributed by atoms with van der Waals surface area (Å²) in [5.41, 5.74) is 0. The van der Waals surface area contributed by atoms with E-state index in [1.54, 1.807) is 6.26 Å². The van der Waals surface area contributed by atoms with Crippen LogP contribution in [0.15, 0.2) is 21.2 Å². The van der Waals surface area contributed by atoms with Gasteiger partial charge in [-0.05, 0) is 53.2 Å². The topological polar surface area (TPSA) is 25.2 Å². The van der Waals surface area contributed by atoms with Gasteiger partial charge in [-0.3, -0.25) is 0 Å². The maximum absolute atomic E-state index is 5.65. The molecule has 0 spiro atoms. The molecule has 2 nitrogen and oxygen atoms in total. The molecule has 1 heterocycles. The molecule has 96 valence electrons. The first-order valence-electron chi connectivity index (χ1n) is 6.72. The van der Waals surface area contributed by atoms with Gasteiger partial charge in [-0.15, -0.1) is 0 Å². The maximum Gasteiger partial charge on any atom is 0.135 e. The first kappa shape index (κ1) is 13.2. The fourth-order valence-electron chi connectivity index (χ4n) is 3.01. The summed E-state index contributed by atoms with van der Waals surface area (Å²) in [5, 5.41) is 3.59. The Kier molecular flexibility index (Phi) is 4.69. The van der Waals surface area contributed by atoms with Crippen LogP contribution in [0.4, 0.5) is 0 Å². The Balaban J connectivity index is 2.10. The summed E-state index contributed by atoms with van der Waals surface area (Å²) in [6.07, 6.45) is 7.12. The fourth-order valence-corrected chi connectivity index (χ4v) is 3.46. The van der Waals surface area contributed by atoms with Crippen molar-refractivity contribution in [2.24, 2.45) is 11.8 Å². The lowest BCUT2D eigenvalue weighted by atomic mass is 9.94. The minimum atomic E-state index is 0.376. The van der Waals surface area contributed by atoms with Crippen molar-refractivity contribution in [3.63, 3.8) is 0 Å². The van der Waals surface area contributed by atoms with Crippen LogP contribution in [0, 0.1) is 11.8 Å². The van der Waals surface area contributed by atoms with E-state index in [-0.39, 0.29) is 0 Å². The molecular weight excluding hydrogens is 278 g/mol. The van der Waals surface area contributed by atoms with Crippen molar-refractivity contribution in [3.8, 4) is 0 Å². The first-order valence-corrected chi connectivity index (χ1v) is 7.51. The van der Waals surface area contributed by atoms with Crippen molar-refractivity contribution in [2.45, 2.75) is 45.6 Å². The Morgan fingerprint density at radius 3 is 2.82 bits per heavy atom. The Hall–Kier alpha value is -0.280. The van der Waals surface area contributed by atoms with Crippen molar-refractivity contribution in [1.29, 1.82) is 0 Å². The predicted octanol–water partition coefficient (Wildman–Crippen LogP) is 4.52. The summed E-state index contributed by atoms with van der Waals surface area (Å²) in [5.74, 6) is 2.71. The summed E-state index contributed by atoms with van der Waals surface area (Å²) >= 11 is 3.58. The zero-order valence-electron chi connectivity index (χ0n) is 10.7. The van der Waals surface area contributed by atoms with Gasteiger partial charge in [0.25, 0.3) is 0 Å². The van der Waals surface area contributed by atoms with E-state index in [1.165, 1.54) is 25.7 Å². The third-order valence-corrected chi connectivity index (χ3v) is 4.64. The van der Waals surface area contributed by atoms with Crippen LogP contribution in [0.3, 0.4) is 0 Å². The molecule has 0 aromatic carbocycles. The molecule has 0 radical (unpaired) electrons. The summed E-state index contributed by atoms with van der Waals surface area (Å²) < 4.78 is 6.75. The summed E-state index contributed by atoms with van der Waals surface area (Å²) in [6.45, 7) is 5.46. The van der Waals surface area contributed by atoms with Crippen LogP contribution in [-0.4, -0.2) is 6.54 Å². The second-order valence-electron chi connectivity index (χ2n) is 5.02. The van der Waals surface area contributed by atoms with Crippen molar-refractivity contribution in [2.75, 3.05) is 6.54 Å². The number of nitrogens with one attached hydrogen (secondary N) is 1. The van der Waals surface area contributed by atoms with E-state index in [2.05, 4.69) is 35.1 Å². The third kappa shape index (κ3) is 2.94. The second kappa shape index (κ2) is 6.05. The van der Waals surface area contributed by atoms with E-state index in [4.69, 9.17) is 4.42 Å². The molecular formula is C14H22BrNO. The SMILES string of the molecule is CCNC(c1occc1Br)C1CCC(CC)C1. The molecule has 1 aromatic rings. The van der Waals surface area contributed by atoms with Gasteiger partial charge in [0.05, 0.1) is 16.8 Å². The highest BCUT2D eigenvalue weighted by Crippen LogP contribution is 2.42. The maximum atomic E-state index is 5.65. The minimum absolute atomic E-state index is 0.376. The molecule has 1 N–H and O–H groups in total. The van der Waals surface area contributed by atoms with Crippen molar-refractivity contribution < 1.29 is 4.42 Å². The smallest absolute Gasteiger partial charge is 0.135 e. The summed E-state index contributed by atoms with van der Waals surface area (Å²) in [6, 6.07) is 2.37. The van der Waals surface area contributed by atoms with E-state index in [9.17, 15) is 0 Å². The third-order valence-electron chi connectivity index (χ3n) is 3.98. The van der Waals surface area contributed by atoms with Crippen LogP contribution in [0.25, 0.3) is 0 Å². The van der Waals surface area contributed by atoms with Gasteiger partial charge in [0, 0.05) is 0 Å². The molecule has 17 heavy (non-hydrogen) atoms. The van der Waals surface area contributed by atoms with E-state index < -0.39 is 0 Å². The van der Waals surface area contributed by atoms with Crippen molar-refractivity contribution in [1.82, 2.24) is 5.32 Å². The number of rotatable bonds is 5. The van der Waals surface area contributed by atoms with Crippen LogP contribution in [0.2, 0.25) is 0 Å². The predicted molar refractivity (Wildman–Crippen MR) is 73.9 cm³/mol. The second-order valence-corrected chi connectivity index (χ2v) is 5.87. The van der Waals surface area contributed by atoms with Gasteiger partial charge in [-0.1, -0.05) is 26.7 Å². The molecule has 1 saturated carbocycles. The molecule has 1 aliphatic rings. The van der Waals surface area contributed by atoms with Gasteiger partial charge in [0.15, 0.2) is 0 Å². The van der Waals surface area contributed by atoms with Crippen molar-refractivity contribution >= 4 is 15.9 Å². The molecule has 3 unspecified atom stereocenters. The van der Waals surface area contributed by atoms with E-state index >= 15 is 0 Å². The largest absolute Gasteiger partial charge is 0.466 e. The average Bonchev–Trinajstić information content (AvgIpc) is 2.95. The number of hydrogen-bond acceptors (Lipinski definition) is 2. The molecule has 1 aromatic heterocycles. The monoisotopic (exact) mass is 299 g/mol. The lowest BCUT2D eigenvalue weighted by molar-refractivity contribution is 0.307. The molecule has 1 fully saturated rings. The highest BCUT2D eigenvalue weighted by atomic mass is 79.9. The Morgan fingerprint density at radius 2 is 2.29 bits per heavy atom. The number of halogens is 1. The highest BCUT2D eigenvalue weighted by molar-refractivity contribution is 9.10. The van der Waals surface area contributed by atoms with Crippen LogP contribution in [0.1, 0.15) is 51.3 Å². The number of hydrogen-bond donors (Lipinski definition) is 1. The quantitative estimate of drug-likeness (QED) is 0.865. The van der Waals surface area contributed by atoms with E-state index in [0.717, 1.165) is 28.6 Å². The minimum Gasteiger partial charge on any atom is -0.466 e. The molecule has 0 saturated heterocycles. The zero-order valence-corrected chi connectivity index (χ0v) is 12.3. The normalized spacial score (nSPS) is 26.3. The van der Waals surface area contributed by atoms with Crippen LogP contribution in [0.5, 0.6) is 0 Å². The van der Waals surface area contributed by atoms with Crippen LogP contribution >= 0.6 is 15.9 Å². The summed E-state index contributed by atoms with van der Waals surface area (Å²) in [4.78, 5) is 0. The summed E-state index contributed by atoms with van der Waals surface area (Å²) in [7, 11) is 0. The lowest BCUT2D eigenvalue weighted by Gasteiger charge is -2.23. The van der Waals surface area contributed by atoms with Gasteiger partial charge >= 0.3 is 0 Å². The fraction of sp³-hybridized carbons (Fsp3) is 0.714. The van der Waals surface area contributed by atoms with Crippen LogP contribution in [-0.2, 0) is 0 Å². The first-order chi connectivity index (χ1) is 8.26.